The highest BCUT2D eigenvalue weighted by Crippen LogP contribution is 2.22. The van der Waals surface area contributed by atoms with Crippen LogP contribution in [0, 0.1) is 0 Å². The molecule has 18 heavy (non-hydrogen) atoms. The Bertz CT molecular complexity index is 367. The lowest BCUT2D eigenvalue weighted by atomic mass is 10.2. The third kappa shape index (κ3) is 3.90. The van der Waals surface area contributed by atoms with E-state index in [-0.39, 0.29) is 0 Å². The zero-order valence-electron chi connectivity index (χ0n) is 11.1. The fourth-order valence-corrected chi connectivity index (χ4v) is 2.97. The summed E-state index contributed by atoms with van der Waals surface area (Å²) in [4.78, 5) is 3.74. The summed E-state index contributed by atoms with van der Waals surface area (Å²) in [5.74, 6) is 1.01. The highest BCUT2D eigenvalue weighted by molar-refractivity contribution is 7.99. The first-order valence-corrected chi connectivity index (χ1v) is 7.47. The molecular formula is C14H22N2OS. The van der Waals surface area contributed by atoms with Crippen molar-refractivity contribution in [3.63, 3.8) is 0 Å². The molecular weight excluding hydrogens is 244 g/mol. The molecule has 0 aliphatic carbocycles. The van der Waals surface area contributed by atoms with Gasteiger partial charge in [-0.15, -0.1) is 11.8 Å². The lowest BCUT2D eigenvalue weighted by Gasteiger charge is -2.35. The number of morpholine rings is 1. The number of nitrogens with zero attached hydrogens (tertiary/aromatic N) is 1. The minimum absolute atomic E-state index is 0.337. The summed E-state index contributed by atoms with van der Waals surface area (Å²) < 4.78 is 5.82. The average Bonchev–Trinajstić information content (AvgIpc) is 2.38. The molecule has 100 valence electrons. The third-order valence-electron chi connectivity index (χ3n) is 3.22. The van der Waals surface area contributed by atoms with E-state index in [4.69, 9.17) is 10.5 Å². The van der Waals surface area contributed by atoms with E-state index in [1.807, 2.05) is 23.9 Å². The van der Waals surface area contributed by atoms with E-state index in [0.29, 0.717) is 12.1 Å². The highest BCUT2D eigenvalue weighted by Gasteiger charge is 2.22. The van der Waals surface area contributed by atoms with Crippen LogP contribution >= 0.6 is 11.8 Å². The van der Waals surface area contributed by atoms with Crippen LogP contribution in [0.1, 0.15) is 13.8 Å². The molecule has 0 saturated carbocycles. The van der Waals surface area contributed by atoms with Crippen molar-refractivity contribution in [2.75, 3.05) is 31.2 Å². The van der Waals surface area contributed by atoms with Crippen LogP contribution in [0.15, 0.2) is 29.2 Å². The number of thioether (sulfide) groups is 1. The van der Waals surface area contributed by atoms with Gasteiger partial charge in [0, 0.05) is 35.5 Å². The summed E-state index contributed by atoms with van der Waals surface area (Å²) >= 11 is 1.84. The number of anilines is 1. The van der Waals surface area contributed by atoms with Crippen LogP contribution in [0.4, 0.5) is 5.69 Å². The lowest BCUT2D eigenvalue weighted by Crippen LogP contribution is -2.46. The first-order valence-electron chi connectivity index (χ1n) is 6.49. The standard InChI is InChI=1S/C14H22N2OS/c1-11(2)16-7-8-17-13(9-16)10-18-14-5-3-12(15)4-6-14/h3-6,11,13H,7-10,15H2,1-2H3. The molecule has 4 heteroatoms. The van der Waals surface area contributed by atoms with Crippen LogP contribution in [0.3, 0.4) is 0 Å². The monoisotopic (exact) mass is 266 g/mol. The molecule has 0 radical (unpaired) electrons. The molecule has 1 aliphatic heterocycles. The number of hydrogen-bond acceptors (Lipinski definition) is 4. The Morgan fingerprint density at radius 3 is 2.78 bits per heavy atom. The van der Waals surface area contributed by atoms with E-state index in [1.165, 1.54) is 4.90 Å². The molecule has 1 atom stereocenters. The van der Waals surface area contributed by atoms with Crippen LogP contribution < -0.4 is 5.73 Å². The number of ether oxygens (including phenoxy) is 1. The van der Waals surface area contributed by atoms with E-state index in [1.54, 1.807) is 0 Å². The van der Waals surface area contributed by atoms with Crippen LogP contribution in [-0.2, 0) is 4.74 Å². The van der Waals surface area contributed by atoms with Crippen LogP contribution in [0.5, 0.6) is 0 Å². The van der Waals surface area contributed by atoms with Gasteiger partial charge in [-0.25, -0.2) is 0 Å². The lowest BCUT2D eigenvalue weighted by molar-refractivity contribution is -0.0265. The summed E-state index contributed by atoms with van der Waals surface area (Å²) in [6.07, 6.45) is 0.337. The Labute approximate surface area is 114 Å². The van der Waals surface area contributed by atoms with Gasteiger partial charge in [0.2, 0.25) is 0 Å². The van der Waals surface area contributed by atoms with E-state index in [9.17, 15) is 0 Å². The Hall–Kier alpha value is -0.710. The molecule has 2 N–H and O–H groups in total. The SMILES string of the molecule is CC(C)N1CCOC(CSc2ccc(N)cc2)C1. The van der Waals surface area contributed by atoms with E-state index < -0.39 is 0 Å². The fourth-order valence-electron chi connectivity index (χ4n) is 2.07. The summed E-state index contributed by atoms with van der Waals surface area (Å²) in [6, 6.07) is 8.65. The Balaban J connectivity index is 1.81. The van der Waals surface area contributed by atoms with Crippen LogP contribution in [0.2, 0.25) is 0 Å². The van der Waals surface area contributed by atoms with Gasteiger partial charge in [0.15, 0.2) is 0 Å². The Morgan fingerprint density at radius 2 is 2.11 bits per heavy atom. The van der Waals surface area contributed by atoms with Gasteiger partial charge in [-0.1, -0.05) is 0 Å². The van der Waals surface area contributed by atoms with E-state index in [0.717, 1.165) is 31.1 Å². The maximum absolute atomic E-state index is 5.82. The van der Waals surface area contributed by atoms with Crippen molar-refractivity contribution in [1.29, 1.82) is 0 Å². The summed E-state index contributed by atoms with van der Waals surface area (Å²) in [5, 5.41) is 0. The largest absolute Gasteiger partial charge is 0.399 e. The maximum atomic E-state index is 5.82. The van der Waals surface area contributed by atoms with E-state index >= 15 is 0 Å². The van der Waals surface area contributed by atoms with E-state index in [2.05, 4.69) is 30.9 Å². The van der Waals surface area contributed by atoms with Gasteiger partial charge in [0.25, 0.3) is 0 Å². The summed E-state index contributed by atoms with van der Waals surface area (Å²) in [7, 11) is 0. The van der Waals surface area contributed by atoms with Gasteiger partial charge in [-0.2, -0.15) is 0 Å². The quantitative estimate of drug-likeness (QED) is 0.671. The predicted octanol–water partition coefficient (Wildman–Crippen LogP) is 2.47. The predicted molar refractivity (Wildman–Crippen MR) is 78.0 cm³/mol. The molecule has 0 spiro atoms. The van der Waals surface area contributed by atoms with Crippen molar-refractivity contribution in [2.24, 2.45) is 0 Å². The molecule has 1 fully saturated rings. The zero-order chi connectivity index (χ0) is 13.0. The first kappa shape index (κ1) is 13.7. The molecule has 0 amide bonds. The number of rotatable bonds is 4. The minimum Gasteiger partial charge on any atom is -0.399 e. The molecule has 2 rings (SSSR count). The van der Waals surface area contributed by atoms with Gasteiger partial charge in [-0.05, 0) is 38.1 Å². The second-order valence-electron chi connectivity index (χ2n) is 4.96. The van der Waals surface area contributed by atoms with Gasteiger partial charge in [0.1, 0.15) is 0 Å². The van der Waals surface area contributed by atoms with Crippen molar-refractivity contribution in [3.05, 3.63) is 24.3 Å². The Kier molecular flexibility index (Phi) is 4.92. The van der Waals surface area contributed by atoms with Gasteiger partial charge in [-0.3, -0.25) is 4.90 Å². The molecule has 1 heterocycles. The number of nitrogens with two attached hydrogens (primary N) is 1. The molecule has 1 aromatic rings. The van der Waals surface area contributed by atoms with Crippen molar-refractivity contribution < 1.29 is 4.74 Å². The number of nitrogen functional groups attached to an aromatic ring is 1. The van der Waals surface area contributed by atoms with Crippen molar-refractivity contribution in [3.8, 4) is 0 Å². The van der Waals surface area contributed by atoms with Crippen molar-refractivity contribution in [2.45, 2.75) is 30.9 Å². The molecule has 0 bridgehead atoms. The fraction of sp³-hybridized carbons (Fsp3) is 0.571. The van der Waals surface area contributed by atoms with Crippen LogP contribution in [0.25, 0.3) is 0 Å². The average molecular weight is 266 g/mol. The van der Waals surface area contributed by atoms with Gasteiger partial charge in [0.05, 0.1) is 12.7 Å². The summed E-state index contributed by atoms with van der Waals surface area (Å²) in [6.45, 7) is 7.44. The second kappa shape index (κ2) is 6.45. The molecule has 0 aromatic heterocycles. The first-order chi connectivity index (χ1) is 8.65. The van der Waals surface area contributed by atoms with Crippen LogP contribution in [-0.4, -0.2) is 42.5 Å². The molecule has 1 aliphatic rings. The second-order valence-corrected chi connectivity index (χ2v) is 6.05. The van der Waals surface area contributed by atoms with Gasteiger partial charge < -0.3 is 10.5 Å². The molecule has 1 unspecified atom stereocenters. The number of hydrogen-bond donors (Lipinski definition) is 1. The molecule has 1 saturated heterocycles. The maximum Gasteiger partial charge on any atom is 0.0796 e. The topological polar surface area (TPSA) is 38.5 Å². The Morgan fingerprint density at radius 1 is 1.39 bits per heavy atom. The molecule has 1 aromatic carbocycles. The highest BCUT2D eigenvalue weighted by atomic mass is 32.2. The minimum atomic E-state index is 0.337. The normalized spacial score (nSPS) is 21.4. The van der Waals surface area contributed by atoms with Crippen molar-refractivity contribution >= 4 is 17.4 Å². The molecule has 3 nitrogen and oxygen atoms in total. The van der Waals surface area contributed by atoms with Crippen molar-refractivity contribution in [1.82, 2.24) is 4.90 Å². The smallest absolute Gasteiger partial charge is 0.0796 e. The van der Waals surface area contributed by atoms with Gasteiger partial charge >= 0.3 is 0 Å². The third-order valence-corrected chi connectivity index (χ3v) is 4.36. The zero-order valence-corrected chi connectivity index (χ0v) is 12.0. The number of benzene rings is 1. The summed E-state index contributed by atoms with van der Waals surface area (Å²) in [5.41, 5.74) is 6.50.